The van der Waals surface area contributed by atoms with Crippen molar-refractivity contribution in [2.24, 2.45) is 0 Å². The Morgan fingerprint density at radius 3 is 2.50 bits per heavy atom. The molecule has 0 N–H and O–H groups in total. The molecule has 0 aliphatic heterocycles. The van der Waals surface area contributed by atoms with Crippen molar-refractivity contribution in [1.82, 2.24) is 9.55 Å². The molecule has 2 nitrogen and oxygen atoms in total. The Hall–Kier alpha value is -2.01. The number of hydrogen-bond donors (Lipinski definition) is 0. The van der Waals surface area contributed by atoms with Crippen LogP contribution in [0.1, 0.15) is 11.3 Å². The van der Waals surface area contributed by atoms with Crippen molar-refractivity contribution >= 4 is 0 Å². The first kappa shape index (κ1) is 8.58. The second kappa shape index (κ2) is 3.39. The minimum absolute atomic E-state index is 0.894. The van der Waals surface area contributed by atoms with Gasteiger partial charge in [0.25, 0.3) is 0 Å². The van der Waals surface area contributed by atoms with Crippen LogP contribution in [0.3, 0.4) is 0 Å². The van der Waals surface area contributed by atoms with Gasteiger partial charge in [-0.2, -0.15) is 0 Å². The van der Waals surface area contributed by atoms with E-state index in [0.29, 0.717) is 0 Å². The van der Waals surface area contributed by atoms with Crippen LogP contribution in [0.5, 0.6) is 0 Å². The Bertz CT molecular complexity index is 472. The van der Waals surface area contributed by atoms with Crippen LogP contribution in [0.15, 0.2) is 36.8 Å². The molecule has 0 unspecified atom stereocenters. The fourth-order valence-electron chi connectivity index (χ4n) is 1.29. The Morgan fingerprint density at radius 1 is 1.29 bits per heavy atom. The van der Waals surface area contributed by atoms with Crippen molar-refractivity contribution in [3.05, 3.63) is 48.0 Å². The van der Waals surface area contributed by atoms with E-state index in [1.54, 1.807) is 6.33 Å². The maximum Gasteiger partial charge on any atom is 0.0995 e. The highest BCUT2D eigenvalue weighted by Gasteiger charge is 1.96. The van der Waals surface area contributed by atoms with Gasteiger partial charge in [-0.3, -0.25) is 0 Å². The second-order valence-electron chi connectivity index (χ2n) is 3.11. The molecule has 0 saturated carbocycles. The summed E-state index contributed by atoms with van der Waals surface area (Å²) in [6.07, 6.45) is 9.04. The van der Waals surface area contributed by atoms with Gasteiger partial charge in [0.1, 0.15) is 0 Å². The Labute approximate surface area is 83.2 Å². The summed E-state index contributed by atoms with van der Waals surface area (Å²) in [4.78, 5) is 4.16. The highest BCUT2D eigenvalue weighted by Crippen LogP contribution is 2.09. The topological polar surface area (TPSA) is 17.8 Å². The number of imidazole rings is 1. The average Bonchev–Trinajstić information content (AvgIpc) is 2.65. The molecule has 0 aliphatic rings. The van der Waals surface area contributed by atoms with E-state index in [-0.39, 0.29) is 0 Å². The number of benzene rings is 1. The first-order valence-corrected chi connectivity index (χ1v) is 4.37. The summed E-state index contributed by atoms with van der Waals surface area (Å²) >= 11 is 0. The van der Waals surface area contributed by atoms with Gasteiger partial charge in [-0.15, -0.1) is 6.42 Å². The molecule has 1 aromatic carbocycles. The molecular weight excluding hydrogens is 172 g/mol. The normalized spacial score (nSPS) is 9.71. The van der Waals surface area contributed by atoms with Crippen molar-refractivity contribution in [3.8, 4) is 18.0 Å². The minimum atomic E-state index is 0.894. The summed E-state index contributed by atoms with van der Waals surface area (Å²) < 4.78 is 1.97. The van der Waals surface area contributed by atoms with E-state index in [1.807, 2.05) is 42.0 Å². The van der Waals surface area contributed by atoms with Crippen LogP contribution in [0.25, 0.3) is 5.69 Å². The first-order chi connectivity index (χ1) is 6.79. The highest BCUT2D eigenvalue weighted by atomic mass is 15.0. The lowest BCUT2D eigenvalue weighted by Crippen LogP contribution is -1.89. The molecule has 1 heterocycles. The van der Waals surface area contributed by atoms with Crippen molar-refractivity contribution in [1.29, 1.82) is 0 Å². The maximum absolute atomic E-state index is 5.27. The number of terminal acetylenes is 1. The molecule has 1 aromatic heterocycles. The highest BCUT2D eigenvalue weighted by molar-refractivity contribution is 5.40. The quantitative estimate of drug-likeness (QED) is 0.618. The van der Waals surface area contributed by atoms with Gasteiger partial charge in [-0.25, -0.2) is 4.98 Å². The number of hydrogen-bond acceptors (Lipinski definition) is 1. The lowest BCUT2D eigenvalue weighted by molar-refractivity contribution is 1.06. The average molecular weight is 182 g/mol. The summed E-state index contributed by atoms with van der Waals surface area (Å²) in [6, 6.07) is 7.81. The molecule has 2 heteroatoms. The van der Waals surface area contributed by atoms with E-state index in [1.165, 1.54) is 0 Å². The minimum Gasteiger partial charge on any atom is -0.306 e. The molecule has 68 valence electrons. The fourth-order valence-corrected chi connectivity index (χ4v) is 1.29. The summed E-state index contributed by atoms with van der Waals surface area (Å²) in [6.45, 7) is 1.96. The van der Waals surface area contributed by atoms with E-state index in [0.717, 1.165) is 16.9 Å². The third-order valence-electron chi connectivity index (χ3n) is 2.04. The predicted octanol–water partition coefficient (Wildman–Crippen LogP) is 2.16. The Balaban J connectivity index is 2.39. The summed E-state index contributed by atoms with van der Waals surface area (Å²) in [7, 11) is 0. The van der Waals surface area contributed by atoms with Crippen LogP contribution in [0, 0.1) is 19.3 Å². The molecule has 14 heavy (non-hydrogen) atoms. The zero-order valence-electron chi connectivity index (χ0n) is 7.94. The van der Waals surface area contributed by atoms with Gasteiger partial charge < -0.3 is 4.57 Å². The van der Waals surface area contributed by atoms with Crippen molar-refractivity contribution in [2.45, 2.75) is 6.92 Å². The number of aryl methyl sites for hydroxylation is 1. The van der Waals surface area contributed by atoms with E-state index in [9.17, 15) is 0 Å². The van der Waals surface area contributed by atoms with Crippen LogP contribution in [0.4, 0.5) is 0 Å². The third-order valence-corrected chi connectivity index (χ3v) is 2.04. The molecule has 2 rings (SSSR count). The van der Waals surface area contributed by atoms with Gasteiger partial charge >= 0.3 is 0 Å². The number of rotatable bonds is 1. The molecule has 0 amide bonds. The van der Waals surface area contributed by atoms with Gasteiger partial charge in [0.05, 0.1) is 12.0 Å². The first-order valence-electron chi connectivity index (χ1n) is 4.37. The molecule has 0 saturated heterocycles. The molecule has 0 bridgehead atoms. The van der Waals surface area contributed by atoms with Crippen LogP contribution < -0.4 is 0 Å². The standard InChI is InChI=1S/C12H10N2/c1-3-11-4-6-12(7-5-11)14-8-10(2)13-9-14/h1,4-9H,2H3. The summed E-state index contributed by atoms with van der Waals surface area (Å²) in [5.41, 5.74) is 2.97. The molecule has 0 fully saturated rings. The Morgan fingerprint density at radius 2 is 2.00 bits per heavy atom. The van der Waals surface area contributed by atoms with Gasteiger partial charge in [0, 0.05) is 17.4 Å². The molecule has 2 aromatic rings. The van der Waals surface area contributed by atoms with Gasteiger partial charge in [-0.1, -0.05) is 5.92 Å². The molecule has 0 atom stereocenters. The van der Waals surface area contributed by atoms with E-state index < -0.39 is 0 Å². The Kier molecular flexibility index (Phi) is 2.08. The van der Waals surface area contributed by atoms with E-state index >= 15 is 0 Å². The molecule has 0 radical (unpaired) electrons. The second-order valence-corrected chi connectivity index (χ2v) is 3.11. The van der Waals surface area contributed by atoms with Gasteiger partial charge in [-0.05, 0) is 31.2 Å². The van der Waals surface area contributed by atoms with Crippen LogP contribution in [0.2, 0.25) is 0 Å². The van der Waals surface area contributed by atoms with E-state index in [4.69, 9.17) is 6.42 Å². The largest absolute Gasteiger partial charge is 0.306 e. The maximum atomic E-state index is 5.27. The predicted molar refractivity (Wildman–Crippen MR) is 56.2 cm³/mol. The SMILES string of the molecule is C#Cc1ccc(-n2cnc(C)c2)cc1. The number of nitrogens with zero attached hydrogens (tertiary/aromatic N) is 2. The summed E-state index contributed by atoms with van der Waals surface area (Å²) in [5, 5.41) is 0. The number of aromatic nitrogens is 2. The monoisotopic (exact) mass is 182 g/mol. The lowest BCUT2D eigenvalue weighted by atomic mass is 10.2. The van der Waals surface area contributed by atoms with Crippen molar-refractivity contribution in [3.63, 3.8) is 0 Å². The smallest absolute Gasteiger partial charge is 0.0995 e. The molecule has 0 aliphatic carbocycles. The van der Waals surface area contributed by atoms with Crippen molar-refractivity contribution in [2.75, 3.05) is 0 Å². The van der Waals surface area contributed by atoms with Gasteiger partial charge in [0.15, 0.2) is 0 Å². The third kappa shape index (κ3) is 1.53. The molecule has 0 spiro atoms. The zero-order valence-corrected chi connectivity index (χ0v) is 7.94. The van der Waals surface area contributed by atoms with Crippen LogP contribution >= 0.6 is 0 Å². The fraction of sp³-hybridized carbons (Fsp3) is 0.0833. The lowest BCUT2D eigenvalue weighted by Gasteiger charge is -2.00. The van der Waals surface area contributed by atoms with Gasteiger partial charge in [0.2, 0.25) is 0 Å². The summed E-state index contributed by atoms with van der Waals surface area (Å²) in [5.74, 6) is 2.59. The van der Waals surface area contributed by atoms with Crippen molar-refractivity contribution < 1.29 is 0 Å². The van der Waals surface area contributed by atoms with Crippen LogP contribution in [-0.4, -0.2) is 9.55 Å². The van der Waals surface area contributed by atoms with Crippen LogP contribution in [-0.2, 0) is 0 Å². The molecular formula is C12H10N2. The zero-order chi connectivity index (χ0) is 9.97. The van der Waals surface area contributed by atoms with E-state index in [2.05, 4.69) is 10.9 Å².